The van der Waals surface area contributed by atoms with Crippen LogP contribution in [0.2, 0.25) is 5.02 Å². The predicted octanol–water partition coefficient (Wildman–Crippen LogP) is 3.08. The van der Waals surface area contributed by atoms with Gasteiger partial charge in [-0.15, -0.1) is 0 Å². The van der Waals surface area contributed by atoms with Gasteiger partial charge in [0.25, 0.3) is 0 Å². The van der Waals surface area contributed by atoms with Gasteiger partial charge in [-0.1, -0.05) is 17.7 Å². The zero-order valence-corrected chi connectivity index (χ0v) is 17.0. The van der Waals surface area contributed by atoms with Crippen molar-refractivity contribution in [2.24, 2.45) is 0 Å². The fourth-order valence-corrected chi connectivity index (χ4v) is 3.51. The van der Waals surface area contributed by atoms with E-state index in [1.54, 1.807) is 30.2 Å². The average Bonchev–Trinajstić information content (AvgIpc) is 2.71. The van der Waals surface area contributed by atoms with E-state index in [0.29, 0.717) is 35.8 Å². The van der Waals surface area contributed by atoms with Crippen LogP contribution in [0, 0.1) is 5.82 Å². The number of carbonyl (C=O) groups is 1. The third-order valence-corrected chi connectivity index (χ3v) is 5.22. The number of halogens is 2. The zero-order valence-electron chi connectivity index (χ0n) is 16.2. The minimum Gasteiger partial charge on any atom is -0.493 e. The maximum atomic E-state index is 13.2. The highest BCUT2D eigenvalue weighted by atomic mass is 35.5. The minimum absolute atomic E-state index is 0.0486. The number of methoxy groups -OCH3 is 2. The van der Waals surface area contributed by atoms with Crippen LogP contribution in [0.4, 0.5) is 4.39 Å². The summed E-state index contributed by atoms with van der Waals surface area (Å²) in [6, 6.07) is 9.11. The molecule has 2 aromatic carbocycles. The highest BCUT2D eigenvalue weighted by Gasteiger charge is 2.32. The van der Waals surface area contributed by atoms with Gasteiger partial charge in [-0.3, -0.25) is 4.79 Å². The molecular formula is C21H23ClFNO5. The average molecular weight is 424 g/mol. The van der Waals surface area contributed by atoms with E-state index in [9.17, 15) is 14.3 Å². The fraction of sp³-hybridized carbons (Fsp3) is 0.381. The van der Waals surface area contributed by atoms with Crippen LogP contribution in [0.25, 0.3) is 0 Å². The Morgan fingerprint density at radius 3 is 2.62 bits per heavy atom. The fourth-order valence-electron chi connectivity index (χ4n) is 3.28. The van der Waals surface area contributed by atoms with Crippen LogP contribution in [-0.4, -0.2) is 55.4 Å². The van der Waals surface area contributed by atoms with Crippen molar-refractivity contribution in [2.75, 3.05) is 27.3 Å². The number of amides is 1. The predicted molar refractivity (Wildman–Crippen MR) is 106 cm³/mol. The van der Waals surface area contributed by atoms with Crippen molar-refractivity contribution in [2.45, 2.75) is 25.0 Å². The van der Waals surface area contributed by atoms with E-state index in [1.165, 1.54) is 25.3 Å². The number of nitrogens with zero attached hydrogens (tertiary/aromatic N) is 1. The highest BCUT2D eigenvalue weighted by molar-refractivity contribution is 6.31. The lowest BCUT2D eigenvalue weighted by molar-refractivity contribution is -0.136. The number of carbonyl (C=O) groups excluding carboxylic acids is 1. The molecule has 0 unspecified atom stereocenters. The number of benzene rings is 2. The first-order valence-corrected chi connectivity index (χ1v) is 9.57. The van der Waals surface area contributed by atoms with Crippen LogP contribution in [0.3, 0.4) is 0 Å². The highest BCUT2D eigenvalue weighted by Crippen LogP contribution is 2.32. The van der Waals surface area contributed by atoms with Gasteiger partial charge in [-0.25, -0.2) is 4.39 Å². The lowest BCUT2D eigenvalue weighted by Gasteiger charge is -2.36. The van der Waals surface area contributed by atoms with Gasteiger partial charge >= 0.3 is 0 Å². The molecule has 0 saturated carbocycles. The standard InChI is InChI=1S/C21H23ClFNO5/c1-27-19-6-5-15(11-20(19)28-2)29-18-7-8-24(12-17(18)25)21(26)9-13-3-4-14(23)10-16(13)22/h3-6,10-11,17-18,25H,7-9,12H2,1-2H3/t17-,18-/m1/s1. The molecule has 1 saturated heterocycles. The Balaban J connectivity index is 1.59. The summed E-state index contributed by atoms with van der Waals surface area (Å²) in [7, 11) is 3.09. The number of aliphatic hydroxyl groups excluding tert-OH is 1. The molecule has 0 spiro atoms. The van der Waals surface area contributed by atoms with Crippen LogP contribution in [-0.2, 0) is 11.2 Å². The van der Waals surface area contributed by atoms with Crippen molar-refractivity contribution in [3.8, 4) is 17.2 Å². The van der Waals surface area contributed by atoms with Crippen molar-refractivity contribution in [3.05, 3.63) is 52.8 Å². The molecule has 1 fully saturated rings. The van der Waals surface area contributed by atoms with Gasteiger partial charge in [0.1, 0.15) is 23.8 Å². The van der Waals surface area contributed by atoms with Crippen molar-refractivity contribution < 1.29 is 28.5 Å². The summed E-state index contributed by atoms with van der Waals surface area (Å²) in [6.07, 6.45) is -0.776. The summed E-state index contributed by atoms with van der Waals surface area (Å²) in [5.74, 6) is 1.03. The van der Waals surface area contributed by atoms with Crippen molar-refractivity contribution in [1.82, 2.24) is 4.90 Å². The third-order valence-electron chi connectivity index (χ3n) is 4.87. The topological polar surface area (TPSA) is 68.2 Å². The molecule has 2 atom stereocenters. The van der Waals surface area contributed by atoms with E-state index in [2.05, 4.69) is 0 Å². The summed E-state index contributed by atoms with van der Waals surface area (Å²) in [5, 5.41) is 10.7. The van der Waals surface area contributed by atoms with Gasteiger partial charge in [-0.2, -0.15) is 0 Å². The molecule has 0 aromatic heterocycles. The number of rotatable bonds is 6. The quantitative estimate of drug-likeness (QED) is 0.773. The van der Waals surface area contributed by atoms with Crippen LogP contribution in [0.5, 0.6) is 17.2 Å². The van der Waals surface area contributed by atoms with Crippen molar-refractivity contribution in [1.29, 1.82) is 0 Å². The molecule has 1 aliphatic heterocycles. The Bertz CT molecular complexity index is 878. The SMILES string of the molecule is COc1ccc(O[C@@H]2CCN(C(=O)Cc3ccc(F)cc3Cl)C[C@H]2O)cc1OC. The van der Waals surface area contributed by atoms with Gasteiger partial charge in [0.2, 0.25) is 5.91 Å². The third kappa shape index (κ3) is 5.10. The van der Waals surface area contributed by atoms with E-state index in [1.807, 2.05) is 0 Å². The maximum Gasteiger partial charge on any atom is 0.227 e. The van der Waals surface area contributed by atoms with Crippen molar-refractivity contribution >= 4 is 17.5 Å². The van der Waals surface area contributed by atoms with E-state index in [0.717, 1.165) is 0 Å². The number of piperidine rings is 1. The molecule has 8 heteroatoms. The molecule has 0 radical (unpaired) electrons. The summed E-state index contributed by atoms with van der Waals surface area (Å²) in [6.45, 7) is 0.586. The number of β-amino-alcohol motifs (C(OH)–C–C–N with tert-alkyl or cyclic N) is 1. The van der Waals surface area contributed by atoms with E-state index < -0.39 is 18.0 Å². The lowest BCUT2D eigenvalue weighted by Crippen LogP contribution is -2.51. The molecule has 6 nitrogen and oxygen atoms in total. The van der Waals surface area contributed by atoms with Crippen LogP contribution < -0.4 is 14.2 Å². The minimum atomic E-state index is -0.843. The number of aliphatic hydroxyl groups is 1. The van der Waals surface area contributed by atoms with Crippen LogP contribution in [0.1, 0.15) is 12.0 Å². The summed E-state index contributed by atoms with van der Waals surface area (Å²) >= 11 is 6.00. The second-order valence-electron chi connectivity index (χ2n) is 6.78. The largest absolute Gasteiger partial charge is 0.493 e. The Labute approximate surface area is 173 Å². The molecule has 1 heterocycles. The molecule has 29 heavy (non-hydrogen) atoms. The number of likely N-dealkylation sites (tertiary alicyclic amines) is 1. The van der Waals surface area contributed by atoms with E-state index in [4.69, 9.17) is 25.8 Å². The van der Waals surface area contributed by atoms with E-state index >= 15 is 0 Å². The smallest absolute Gasteiger partial charge is 0.227 e. The van der Waals surface area contributed by atoms with Gasteiger partial charge in [0, 0.05) is 24.1 Å². The number of ether oxygens (including phenoxy) is 3. The molecule has 1 aliphatic rings. The van der Waals surface area contributed by atoms with E-state index in [-0.39, 0.29) is 23.9 Å². The molecule has 3 rings (SSSR count). The second-order valence-corrected chi connectivity index (χ2v) is 7.19. The maximum absolute atomic E-state index is 13.2. The normalized spacial score (nSPS) is 19.0. The zero-order chi connectivity index (χ0) is 21.0. The summed E-state index contributed by atoms with van der Waals surface area (Å²) < 4.78 is 29.5. The van der Waals surface area contributed by atoms with Crippen LogP contribution >= 0.6 is 11.6 Å². The van der Waals surface area contributed by atoms with Gasteiger partial charge < -0.3 is 24.2 Å². The second kappa shape index (κ2) is 9.33. The molecule has 1 N–H and O–H groups in total. The lowest BCUT2D eigenvalue weighted by atomic mass is 10.0. The Morgan fingerprint density at radius 2 is 1.97 bits per heavy atom. The van der Waals surface area contributed by atoms with Crippen molar-refractivity contribution in [3.63, 3.8) is 0 Å². The Morgan fingerprint density at radius 1 is 1.21 bits per heavy atom. The first-order valence-electron chi connectivity index (χ1n) is 9.19. The number of hydrogen-bond acceptors (Lipinski definition) is 5. The molecule has 2 aromatic rings. The summed E-state index contributed by atoms with van der Waals surface area (Å²) in [4.78, 5) is 14.1. The molecule has 0 aliphatic carbocycles. The molecule has 1 amide bonds. The first-order chi connectivity index (χ1) is 13.9. The molecule has 156 valence electrons. The van der Waals surface area contributed by atoms with Gasteiger partial charge in [0.15, 0.2) is 11.5 Å². The molecule has 0 bridgehead atoms. The first kappa shape index (κ1) is 21.2. The Hall–Kier alpha value is -2.51. The van der Waals surface area contributed by atoms with Gasteiger partial charge in [-0.05, 0) is 29.8 Å². The van der Waals surface area contributed by atoms with Gasteiger partial charge in [0.05, 0.1) is 27.2 Å². The Kier molecular flexibility index (Phi) is 6.82. The number of hydrogen-bond donors (Lipinski definition) is 1. The molecular weight excluding hydrogens is 401 g/mol. The monoisotopic (exact) mass is 423 g/mol. The summed E-state index contributed by atoms with van der Waals surface area (Å²) in [5.41, 5.74) is 0.552. The van der Waals surface area contributed by atoms with Crippen LogP contribution in [0.15, 0.2) is 36.4 Å².